The molecule has 0 bridgehead atoms. The van der Waals surface area contributed by atoms with Crippen molar-refractivity contribution in [1.82, 2.24) is 0 Å². The van der Waals surface area contributed by atoms with Gasteiger partial charge in [-0.3, -0.25) is 0 Å². The van der Waals surface area contributed by atoms with E-state index in [2.05, 4.69) is 6.58 Å². The van der Waals surface area contributed by atoms with Crippen molar-refractivity contribution in [2.75, 3.05) is 0 Å². The van der Waals surface area contributed by atoms with E-state index < -0.39 is 0 Å². The Labute approximate surface area is 147 Å². The molecule has 1 radical (unpaired) electrons. The molecule has 0 aliphatic rings. The van der Waals surface area contributed by atoms with Crippen LogP contribution < -0.4 is 0 Å². The first kappa shape index (κ1) is 20.9. The summed E-state index contributed by atoms with van der Waals surface area (Å²) in [5.74, 6) is 0. The van der Waals surface area contributed by atoms with Gasteiger partial charge < -0.3 is 0 Å². The molecule has 24 heavy (non-hydrogen) atoms. The lowest BCUT2D eigenvalue weighted by Crippen LogP contribution is -1.54. The lowest BCUT2D eigenvalue weighted by Gasteiger charge is -1.76. The Morgan fingerprint density at radius 3 is 0.750 bits per heavy atom. The van der Waals surface area contributed by atoms with Crippen LogP contribution in [0.4, 0.5) is 0 Å². The van der Waals surface area contributed by atoms with Crippen LogP contribution in [0.15, 0.2) is 140 Å². The van der Waals surface area contributed by atoms with Crippen LogP contribution in [-0.4, -0.2) is 0 Å². The molecule has 0 rings (SSSR count). The second-order valence-electron chi connectivity index (χ2n) is 4.28. The zero-order valence-electron chi connectivity index (χ0n) is 14.0. The minimum absolute atomic E-state index is 1.50. The van der Waals surface area contributed by atoms with E-state index in [4.69, 9.17) is 6.58 Å². The Morgan fingerprint density at radius 2 is 0.542 bits per heavy atom. The SMILES string of the molecule is [CH]=CC=CC=CC=CC=CC=CC=CC=CC=CC=CC=CC=C. The molecule has 0 aromatic rings. The maximum Gasteiger partial charge on any atom is -0.0623 e. The summed E-state index contributed by atoms with van der Waals surface area (Å²) >= 11 is 0. The summed E-state index contributed by atoms with van der Waals surface area (Å²) in [7, 11) is 0. The standard InChI is InChI=1S/C24H25/c1-3-5-7-9-11-13-15-17-19-21-23-24-22-20-18-16-14-12-10-8-6-4-2/h1,3-24H,2H2. The fourth-order valence-electron chi connectivity index (χ4n) is 1.30. The molecule has 0 aromatic carbocycles. The van der Waals surface area contributed by atoms with Crippen molar-refractivity contribution < 1.29 is 0 Å². The minimum Gasteiger partial charge on any atom is -0.0991 e. The van der Waals surface area contributed by atoms with Gasteiger partial charge in [0.15, 0.2) is 0 Å². The molecule has 0 aromatic heterocycles. The molecule has 0 aliphatic carbocycles. The lowest BCUT2D eigenvalue weighted by molar-refractivity contribution is 1.82. The Balaban J connectivity index is 3.91. The maximum absolute atomic E-state index is 5.21. The van der Waals surface area contributed by atoms with E-state index in [1.807, 2.05) is 115 Å². The lowest BCUT2D eigenvalue weighted by atomic mass is 10.3. The van der Waals surface area contributed by atoms with Crippen LogP contribution in [0.3, 0.4) is 0 Å². The van der Waals surface area contributed by atoms with Crippen LogP contribution in [0.25, 0.3) is 0 Å². The Kier molecular flexibility index (Phi) is 17.3. The van der Waals surface area contributed by atoms with Crippen LogP contribution in [0.5, 0.6) is 0 Å². The fourth-order valence-corrected chi connectivity index (χ4v) is 1.30. The van der Waals surface area contributed by atoms with Crippen LogP contribution in [-0.2, 0) is 0 Å². The van der Waals surface area contributed by atoms with E-state index in [9.17, 15) is 0 Å². The molecule has 0 aliphatic heterocycles. The first-order valence-electron chi connectivity index (χ1n) is 7.74. The van der Waals surface area contributed by atoms with E-state index in [0.29, 0.717) is 0 Å². The number of hydrogen-bond donors (Lipinski definition) is 0. The monoisotopic (exact) mass is 313 g/mol. The summed E-state index contributed by atoms with van der Waals surface area (Å²) in [6.07, 6.45) is 42.2. The summed E-state index contributed by atoms with van der Waals surface area (Å²) in [6, 6.07) is 0. The average Bonchev–Trinajstić information content (AvgIpc) is 2.60. The molecule has 0 unspecified atom stereocenters. The van der Waals surface area contributed by atoms with E-state index in [-0.39, 0.29) is 0 Å². The van der Waals surface area contributed by atoms with Crippen molar-refractivity contribution >= 4 is 0 Å². The second kappa shape index (κ2) is 19.9. The van der Waals surface area contributed by atoms with Gasteiger partial charge in [-0.1, -0.05) is 147 Å². The van der Waals surface area contributed by atoms with E-state index >= 15 is 0 Å². The summed E-state index contributed by atoms with van der Waals surface area (Å²) in [4.78, 5) is 0. The predicted molar refractivity (Wildman–Crippen MR) is 110 cm³/mol. The van der Waals surface area contributed by atoms with Crippen LogP contribution in [0, 0.1) is 6.58 Å². The van der Waals surface area contributed by atoms with E-state index in [1.165, 1.54) is 6.08 Å². The van der Waals surface area contributed by atoms with Crippen LogP contribution >= 0.6 is 0 Å². The highest BCUT2D eigenvalue weighted by molar-refractivity contribution is 5.22. The van der Waals surface area contributed by atoms with Crippen molar-refractivity contribution in [2.24, 2.45) is 0 Å². The Morgan fingerprint density at radius 1 is 0.333 bits per heavy atom. The average molecular weight is 313 g/mol. The van der Waals surface area contributed by atoms with Crippen molar-refractivity contribution in [3.8, 4) is 0 Å². The van der Waals surface area contributed by atoms with Crippen molar-refractivity contribution in [3.05, 3.63) is 147 Å². The van der Waals surface area contributed by atoms with Gasteiger partial charge in [0.25, 0.3) is 0 Å². The quantitative estimate of drug-likeness (QED) is 0.371. The third-order valence-electron chi connectivity index (χ3n) is 2.36. The van der Waals surface area contributed by atoms with Gasteiger partial charge in [0.2, 0.25) is 0 Å². The molecule has 0 amide bonds. The van der Waals surface area contributed by atoms with E-state index in [0.717, 1.165) is 0 Å². The molecule has 0 spiro atoms. The molecular weight excluding hydrogens is 288 g/mol. The number of hydrogen-bond acceptors (Lipinski definition) is 0. The van der Waals surface area contributed by atoms with Crippen molar-refractivity contribution in [1.29, 1.82) is 0 Å². The summed E-state index contributed by atoms with van der Waals surface area (Å²) in [5, 5.41) is 0. The largest absolute Gasteiger partial charge is 0.0991 e. The van der Waals surface area contributed by atoms with Gasteiger partial charge >= 0.3 is 0 Å². The van der Waals surface area contributed by atoms with Gasteiger partial charge in [-0.15, -0.1) is 0 Å². The Hall–Kier alpha value is -3.12. The van der Waals surface area contributed by atoms with Gasteiger partial charge in [-0.05, 0) is 0 Å². The number of allylic oxidation sites excluding steroid dienone is 22. The van der Waals surface area contributed by atoms with Crippen LogP contribution in [0.1, 0.15) is 0 Å². The summed E-state index contributed by atoms with van der Waals surface area (Å²) in [5.41, 5.74) is 0. The molecule has 0 atom stereocenters. The molecule has 0 saturated carbocycles. The molecule has 0 fully saturated rings. The molecule has 0 heteroatoms. The molecular formula is C24H25. The summed E-state index contributed by atoms with van der Waals surface area (Å²) in [6.45, 7) is 8.81. The minimum atomic E-state index is 1.50. The van der Waals surface area contributed by atoms with Crippen molar-refractivity contribution in [3.63, 3.8) is 0 Å². The molecule has 0 heterocycles. The number of rotatable bonds is 11. The maximum atomic E-state index is 5.21. The predicted octanol–water partition coefficient (Wildman–Crippen LogP) is 6.72. The normalized spacial score (nSPS) is 14.2. The van der Waals surface area contributed by atoms with Gasteiger partial charge in [-0.25, -0.2) is 0 Å². The zero-order valence-corrected chi connectivity index (χ0v) is 14.0. The first-order chi connectivity index (χ1) is 11.9. The van der Waals surface area contributed by atoms with Crippen molar-refractivity contribution in [2.45, 2.75) is 0 Å². The highest BCUT2D eigenvalue weighted by Crippen LogP contribution is 1.87. The molecule has 0 N–H and O–H groups in total. The van der Waals surface area contributed by atoms with E-state index in [1.54, 1.807) is 12.2 Å². The zero-order chi connectivity index (χ0) is 17.6. The van der Waals surface area contributed by atoms with Gasteiger partial charge in [-0.2, -0.15) is 0 Å². The second-order valence-corrected chi connectivity index (χ2v) is 4.28. The first-order valence-corrected chi connectivity index (χ1v) is 7.74. The Bertz CT molecular complexity index is 550. The third kappa shape index (κ3) is 18.9. The highest BCUT2D eigenvalue weighted by Gasteiger charge is 1.65. The smallest absolute Gasteiger partial charge is 0.0623 e. The fraction of sp³-hybridized carbons (Fsp3) is 0. The van der Waals surface area contributed by atoms with Gasteiger partial charge in [0, 0.05) is 0 Å². The molecule has 0 saturated heterocycles. The van der Waals surface area contributed by atoms with Crippen LogP contribution in [0.2, 0.25) is 0 Å². The molecule has 0 nitrogen and oxygen atoms in total. The third-order valence-corrected chi connectivity index (χ3v) is 2.36. The summed E-state index contributed by atoms with van der Waals surface area (Å²) < 4.78 is 0. The topological polar surface area (TPSA) is 0 Å². The highest BCUT2D eigenvalue weighted by atomic mass is 13.7. The van der Waals surface area contributed by atoms with Gasteiger partial charge in [0.1, 0.15) is 0 Å². The van der Waals surface area contributed by atoms with Gasteiger partial charge in [0.05, 0.1) is 0 Å². The molecule has 121 valence electrons.